The van der Waals surface area contributed by atoms with Gasteiger partial charge in [-0.05, 0) is 42.9 Å². The Kier molecular flexibility index (Phi) is 3.46. The van der Waals surface area contributed by atoms with E-state index in [1.54, 1.807) is 0 Å². The maximum Gasteiger partial charge on any atom is 0.307 e. The van der Waals surface area contributed by atoms with Gasteiger partial charge in [0.2, 0.25) is 0 Å². The van der Waals surface area contributed by atoms with Crippen LogP contribution >= 0.6 is 0 Å². The van der Waals surface area contributed by atoms with Crippen LogP contribution in [-0.2, 0) is 24.1 Å². The van der Waals surface area contributed by atoms with Gasteiger partial charge in [0.25, 0.3) is 0 Å². The number of aryl methyl sites for hydroxylation is 2. The number of rotatable bonds is 3. The highest BCUT2D eigenvalue weighted by Crippen LogP contribution is 2.22. The fourth-order valence-corrected chi connectivity index (χ4v) is 2.61. The van der Waals surface area contributed by atoms with E-state index in [-0.39, 0.29) is 6.42 Å². The lowest BCUT2D eigenvalue weighted by Crippen LogP contribution is -2.07. The Morgan fingerprint density at radius 3 is 2.95 bits per heavy atom. The molecular formula is C16H16N2O2. The minimum absolute atomic E-state index is 0.0266. The molecule has 0 spiro atoms. The Balaban J connectivity index is 1.94. The van der Waals surface area contributed by atoms with Gasteiger partial charge in [-0.1, -0.05) is 18.2 Å². The quantitative estimate of drug-likeness (QED) is 0.929. The van der Waals surface area contributed by atoms with E-state index in [1.165, 1.54) is 18.4 Å². The molecule has 1 aromatic heterocycles. The lowest BCUT2D eigenvalue weighted by atomic mass is 9.97. The van der Waals surface area contributed by atoms with Crippen molar-refractivity contribution in [1.29, 1.82) is 0 Å². The summed E-state index contributed by atoms with van der Waals surface area (Å²) in [5, 5.41) is 8.86. The number of fused-ring (bicyclic) bond motifs is 1. The standard InChI is InChI=1S/C16H16N2O2/c19-15(20)9-11-4-3-6-12(8-11)16-17-10-13-5-1-2-7-14(13)18-16/h3-4,6,8,10H,1-2,5,7,9H2,(H,19,20). The number of hydrogen-bond acceptors (Lipinski definition) is 3. The molecule has 20 heavy (non-hydrogen) atoms. The number of aromatic nitrogens is 2. The first kappa shape index (κ1) is 12.8. The minimum atomic E-state index is -0.825. The molecule has 4 nitrogen and oxygen atoms in total. The molecule has 1 aliphatic rings. The van der Waals surface area contributed by atoms with Crippen LogP contribution < -0.4 is 0 Å². The SMILES string of the molecule is O=C(O)Cc1cccc(-c2ncc3c(n2)CCCC3)c1. The van der Waals surface area contributed by atoms with Crippen LogP contribution in [0.5, 0.6) is 0 Å². The van der Waals surface area contributed by atoms with Crippen molar-refractivity contribution in [2.24, 2.45) is 0 Å². The molecule has 0 saturated carbocycles. The average Bonchev–Trinajstić information content (AvgIpc) is 2.46. The van der Waals surface area contributed by atoms with Crippen molar-refractivity contribution in [2.75, 3.05) is 0 Å². The molecular weight excluding hydrogens is 252 g/mol. The third-order valence-electron chi connectivity index (χ3n) is 3.60. The molecule has 2 aromatic rings. The van der Waals surface area contributed by atoms with Gasteiger partial charge in [-0.15, -0.1) is 0 Å². The van der Waals surface area contributed by atoms with Gasteiger partial charge in [0.15, 0.2) is 5.82 Å². The molecule has 1 aliphatic carbocycles. The largest absolute Gasteiger partial charge is 0.481 e. The van der Waals surface area contributed by atoms with E-state index in [4.69, 9.17) is 5.11 Å². The fourth-order valence-electron chi connectivity index (χ4n) is 2.61. The van der Waals surface area contributed by atoms with E-state index in [0.29, 0.717) is 5.82 Å². The summed E-state index contributed by atoms with van der Waals surface area (Å²) in [6.07, 6.45) is 6.42. The van der Waals surface area contributed by atoms with E-state index >= 15 is 0 Å². The molecule has 0 atom stereocenters. The molecule has 102 valence electrons. The molecule has 0 unspecified atom stereocenters. The van der Waals surface area contributed by atoms with Gasteiger partial charge in [-0.3, -0.25) is 4.79 Å². The molecule has 0 radical (unpaired) electrons. The number of carboxylic acid groups (broad SMARTS) is 1. The first-order valence-corrected chi connectivity index (χ1v) is 6.88. The number of carboxylic acids is 1. The van der Waals surface area contributed by atoms with Gasteiger partial charge in [-0.25, -0.2) is 9.97 Å². The summed E-state index contributed by atoms with van der Waals surface area (Å²) in [7, 11) is 0. The lowest BCUT2D eigenvalue weighted by Gasteiger charge is -2.14. The van der Waals surface area contributed by atoms with E-state index in [9.17, 15) is 4.79 Å². The topological polar surface area (TPSA) is 63.1 Å². The predicted octanol–water partition coefficient (Wildman–Crippen LogP) is 2.65. The summed E-state index contributed by atoms with van der Waals surface area (Å²) >= 11 is 0. The molecule has 0 aliphatic heterocycles. The lowest BCUT2D eigenvalue weighted by molar-refractivity contribution is -0.136. The number of aliphatic carboxylic acids is 1. The van der Waals surface area contributed by atoms with Crippen molar-refractivity contribution in [2.45, 2.75) is 32.1 Å². The normalized spacial score (nSPS) is 13.8. The first-order valence-electron chi connectivity index (χ1n) is 6.88. The fraction of sp³-hybridized carbons (Fsp3) is 0.312. The Morgan fingerprint density at radius 1 is 1.25 bits per heavy atom. The van der Waals surface area contributed by atoms with Crippen LogP contribution in [0.2, 0.25) is 0 Å². The van der Waals surface area contributed by atoms with Crippen LogP contribution in [0.15, 0.2) is 30.5 Å². The molecule has 1 N–H and O–H groups in total. The van der Waals surface area contributed by atoms with E-state index < -0.39 is 5.97 Å². The van der Waals surface area contributed by atoms with Crippen LogP contribution in [0.25, 0.3) is 11.4 Å². The Morgan fingerprint density at radius 2 is 2.10 bits per heavy atom. The van der Waals surface area contributed by atoms with Crippen molar-refractivity contribution < 1.29 is 9.90 Å². The van der Waals surface area contributed by atoms with Crippen molar-refractivity contribution in [3.63, 3.8) is 0 Å². The second kappa shape index (κ2) is 5.41. The highest BCUT2D eigenvalue weighted by molar-refractivity contribution is 5.71. The van der Waals surface area contributed by atoms with Crippen LogP contribution in [0.1, 0.15) is 29.7 Å². The Labute approximate surface area is 117 Å². The van der Waals surface area contributed by atoms with Crippen molar-refractivity contribution in [3.05, 3.63) is 47.3 Å². The zero-order valence-electron chi connectivity index (χ0n) is 11.2. The summed E-state index contributed by atoms with van der Waals surface area (Å²) in [4.78, 5) is 19.8. The first-order chi connectivity index (χ1) is 9.72. The number of carbonyl (C=O) groups is 1. The second-order valence-electron chi connectivity index (χ2n) is 5.14. The third-order valence-corrected chi connectivity index (χ3v) is 3.60. The molecule has 4 heteroatoms. The number of nitrogens with zero attached hydrogens (tertiary/aromatic N) is 2. The summed E-state index contributed by atoms with van der Waals surface area (Å²) < 4.78 is 0. The van der Waals surface area contributed by atoms with Crippen molar-refractivity contribution >= 4 is 5.97 Å². The maximum absolute atomic E-state index is 10.8. The summed E-state index contributed by atoms with van der Waals surface area (Å²) in [6, 6.07) is 7.46. The minimum Gasteiger partial charge on any atom is -0.481 e. The molecule has 1 heterocycles. The summed E-state index contributed by atoms with van der Waals surface area (Å²) in [5.74, 6) is -0.133. The predicted molar refractivity (Wildman–Crippen MR) is 75.4 cm³/mol. The van der Waals surface area contributed by atoms with E-state index in [0.717, 1.165) is 29.7 Å². The van der Waals surface area contributed by atoms with E-state index in [2.05, 4.69) is 9.97 Å². The molecule has 1 aromatic carbocycles. The molecule has 0 amide bonds. The average molecular weight is 268 g/mol. The summed E-state index contributed by atoms with van der Waals surface area (Å²) in [5.41, 5.74) is 4.06. The van der Waals surface area contributed by atoms with Gasteiger partial charge < -0.3 is 5.11 Å². The maximum atomic E-state index is 10.8. The number of hydrogen-bond donors (Lipinski definition) is 1. The summed E-state index contributed by atoms with van der Waals surface area (Å²) in [6.45, 7) is 0. The highest BCUT2D eigenvalue weighted by atomic mass is 16.4. The van der Waals surface area contributed by atoms with Crippen LogP contribution in [0.4, 0.5) is 0 Å². The highest BCUT2D eigenvalue weighted by Gasteiger charge is 2.13. The zero-order chi connectivity index (χ0) is 13.9. The smallest absolute Gasteiger partial charge is 0.307 e. The molecule has 3 rings (SSSR count). The van der Waals surface area contributed by atoms with E-state index in [1.807, 2.05) is 30.5 Å². The monoisotopic (exact) mass is 268 g/mol. The molecule has 0 saturated heterocycles. The van der Waals surface area contributed by atoms with Gasteiger partial charge in [0.1, 0.15) is 0 Å². The Hall–Kier alpha value is -2.23. The third kappa shape index (κ3) is 2.69. The van der Waals surface area contributed by atoms with Crippen molar-refractivity contribution in [3.8, 4) is 11.4 Å². The van der Waals surface area contributed by atoms with Gasteiger partial charge in [0, 0.05) is 17.5 Å². The van der Waals surface area contributed by atoms with Crippen LogP contribution in [0.3, 0.4) is 0 Å². The molecule has 0 fully saturated rings. The van der Waals surface area contributed by atoms with Gasteiger partial charge in [-0.2, -0.15) is 0 Å². The second-order valence-corrected chi connectivity index (χ2v) is 5.14. The zero-order valence-corrected chi connectivity index (χ0v) is 11.2. The molecule has 0 bridgehead atoms. The van der Waals surface area contributed by atoms with Crippen LogP contribution in [-0.4, -0.2) is 21.0 Å². The van der Waals surface area contributed by atoms with Gasteiger partial charge >= 0.3 is 5.97 Å². The Bertz CT molecular complexity index is 653. The number of benzene rings is 1. The van der Waals surface area contributed by atoms with Gasteiger partial charge in [0.05, 0.1) is 6.42 Å². The van der Waals surface area contributed by atoms with Crippen molar-refractivity contribution in [1.82, 2.24) is 9.97 Å². The van der Waals surface area contributed by atoms with Crippen LogP contribution in [0, 0.1) is 0 Å².